The summed E-state index contributed by atoms with van der Waals surface area (Å²) in [6.07, 6.45) is 3.57. The molecule has 1 amide bonds. The van der Waals surface area contributed by atoms with E-state index in [4.69, 9.17) is 0 Å². The molecule has 0 atom stereocenters. The van der Waals surface area contributed by atoms with E-state index in [1.165, 1.54) is 5.56 Å². The predicted molar refractivity (Wildman–Crippen MR) is 139 cm³/mol. The molecule has 7 nitrogen and oxygen atoms in total. The maximum Gasteiger partial charge on any atom is 0.242 e. The second-order valence-electron chi connectivity index (χ2n) is 8.91. The number of nitrogens with zero attached hydrogens (tertiary/aromatic N) is 6. The van der Waals surface area contributed by atoms with Gasteiger partial charge in [-0.3, -0.25) is 19.5 Å². The van der Waals surface area contributed by atoms with Crippen LogP contribution in [-0.2, 0) is 11.3 Å². The van der Waals surface area contributed by atoms with E-state index in [1.807, 2.05) is 37.3 Å². The van der Waals surface area contributed by atoms with Gasteiger partial charge in [-0.15, -0.1) is 12.4 Å². The van der Waals surface area contributed by atoms with Crippen LogP contribution >= 0.6 is 12.4 Å². The number of fused-ring (bicyclic) bond motifs is 1. The number of amides is 1. The molecule has 3 heterocycles. The van der Waals surface area contributed by atoms with E-state index in [0.29, 0.717) is 24.5 Å². The molecule has 0 N–H and O–H groups in total. The van der Waals surface area contributed by atoms with Crippen molar-refractivity contribution in [3.05, 3.63) is 89.1 Å². The van der Waals surface area contributed by atoms with Crippen molar-refractivity contribution in [2.45, 2.75) is 13.5 Å². The zero-order valence-electron chi connectivity index (χ0n) is 19.8. The first kappa shape index (κ1) is 24.7. The minimum Gasteiger partial charge on any atom is -0.297 e. The Morgan fingerprint density at radius 1 is 1.03 bits per heavy atom. The standard InChI is InChI=1S/C27H28N6O.ClH/c1-21-6-5-9-23(16-21)25-10-11-32(27-24(17-28)18-29-33(25)27)26(34)20-31-14-12-30(13-15-31)19-22-7-3-2-4-8-22;/h2-10,16,18H,11-15,19-20H2,1H3;1H. The van der Waals surface area contributed by atoms with Gasteiger partial charge >= 0.3 is 0 Å². The molecule has 0 aliphatic carbocycles. The largest absolute Gasteiger partial charge is 0.297 e. The van der Waals surface area contributed by atoms with Gasteiger partial charge in [0.15, 0.2) is 5.82 Å². The van der Waals surface area contributed by atoms with Crippen LogP contribution in [-0.4, -0.2) is 64.8 Å². The third-order valence-electron chi connectivity index (χ3n) is 6.50. The molecule has 35 heavy (non-hydrogen) atoms. The van der Waals surface area contributed by atoms with Gasteiger partial charge in [-0.25, -0.2) is 4.68 Å². The van der Waals surface area contributed by atoms with E-state index in [2.05, 4.69) is 51.3 Å². The third kappa shape index (κ3) is 5.30. The van der Waals surface area contributed by atoms with Crippen LogP contribution in [0, 0.1) is 18.3 Å². The summed E-state index contributed by atoms with van der Waals surface area (Å²) in [7, 11) is 0. The molecule has 0 bridgehead atoms. The lowest BCUT2D eigenvalue weighted by Gasteiger charge is -2.36. The number of hydrogen-bond donors (Lipinski definition) is 0. The number of aryl methyl sites for hydroxylation is 1. The minimum absolute atomic E-state index is 0. The van der Waals surface area contributed by atoms with Crippen LogP contribution in [0.1, 0.15) is 22.3 Å². The Hall–Kier alpha value is -3.44. The Labute approximate surface area is 212 Å². The average Bonchev–Trinajstić information content (AvgIpc) is 3.29. The van der Waals surface area contributed by atoms with Crippen molar-refractivity contribution >= 4 is 29.8 Å². The monoisotopic (exact) mass is 488 g/mol. The van der Waals surface area contributed by atoms with Crippen LogP contribution in [0.2, 0.25) is 0 Å². The van der Waals surface area contributed by atoms with Crippen molar-refractivity contribution in [2.75, 3.05) is 44.2 Å². The number of carbonyl (C=O) groups excluding carboxylic acids is 1. The summed E-state index contributed by atoms with van der Waals surface area (Å²) in [5, 5.41) is 14.1. The predicted octanol–water partition coefficient (Wildman–Crippen LogP) is 3.54. The average molecular weight is 489 g/mol. The zero-order valence-corrected chi connectivity index (χ0v) is 20.6. The maximum absolute atomic E-state index is 13.4. The SMILES string of the molecule is Cc1cccc(C2=CCN(C(=O)CN3CCN(Cc4ccccc4)CC3)c3c(C#N)cnn32)c1.Cl. The highest BCUT2D eigenvalue weighted by molar-refractivity contribution is 5.97. The summed E-state index contributed by atoms with van der Waals surface area (Å²) in [5.41, 5.74) is 4.81. The lowest BCUT2D eigenvalue weighted by Crippen LogP contribution is -2.50. The van der Waals surface area contributed by atoms with Crippen LogP contribution in [0.4, 0.5) is 5.82 Å². The first-order valence-corrected chi connectivity index (χ1v) is 11.7. The third-order valence-corrected chi connectivity index (χ3v) is 6.50. The van der Waals surface area contributed by atoms with Gasteiger partial charge in [-0.05, 0) is 24.6 Å². The molecule has 0 unspecified atom stereocenters. The highest BCUT2D eigenvalue weighted by Crippen LogP contribution is 2.31. The van der Waals surface area contributed by atoms with Gasteiger partial charge in [-0.1, -0.05) is 54.1 Å². The van der Waals surface area contributed by atoms with Gasteiger partial charge in [0.1, 0.15) is 11.6 Å². The van der Waals surface area contributed by atoms with E-state index in [9.17, 15) is 10.1 Å². The second kappa shape index (κ2) is 10.9. The van der Waals surface area contributed by atoms with Crippen molar-refractivity contribution in [1.29, 1.82) is 5.26 Å². The highest BCUT2D eigenvalue weighted by Gasteiger charge is 2.30. The fourth-order valence-electron chi connectivity index (χ4n) is 4.70. The van der Waals surface area contributed by atoms with Crippen molar-refractivity contribution in [2.24, 2.45) is 0 Å². The number of rotatable bonds is 5. The summed E-state index contributed by atoms with van der Waals surface area (Å²) in [5.74, 6) is 0.559. The number of benzene rings is 2. The molecule has 2 aliphatic heterocycles. The first-order valence-electron chi connectivity index (χ1n) is 11.7. The molecule has 1 saturated heterocycles. The molecule has 0 spiro atoms. The van der Waals surface area contributed by atoms with Crippen LogP contribution in [0.15, 0.2) is 66.9 Å². The number of aromatic nitrogens is 2. The van der Waals surface area contributed by atoms with E-state index in [-0.39, 0.29) is 18.3 Å². The molecule has 0 radical (unpaired) electrons. The topological polar surface area (TPSA) is 68.4 Å². The van der Waals surface area contributed by atoms with E-state index in [1.54, 1.807) is 15.8 Å². The Bertz CT molecular complexity index is 1250. The molecular formula is C27H29ClN6O. The number of hydrogen-bond acceptors (Lipinski definition) is 5. The molecule has 2 aromatic carbocycles. The lowest BCUT2D eigenvalue weighted by atomic mass is 10.1. The molecule has 0 saturated carbocycles. The van der Waals surface area contributed by atoms with Gasteiger partial charge in [-0.2, -0.15) is 10.4 Å². The number of halogens is 1. The van der Waals surface area contributed by atoms with E-state index < -0.39 is 0 Å². The van der Waals surface area contributed by atoms with Gasteiger partial charge in [0, 0.05) is 44.8 Å². The quantitative estimate of drug-likeness (QED) is 0.549. The minimum atomic E-state index is -0.00528. The molecule has 3 aromatic rings. The highest BCUT2D eigenvalue weighted by atomic mass is 35.5. The number of anilines is 1. The van der Waals surface area contributed by atoms with Crippen LogP contribution < -0.4 is 4.90 Å². The summed E-state index contributed by atoms with van der Waals surface area (Å²) in [6.45, 7) is 7.31. The summed E-state index contributed by atoms with van der Waals surface area (Å²) in [4.78, 5) is 19.7. The van der Waals surface area contributed by atoms with Gasteiger partial charge in [0.05, 0.1) is 18.4 Å². The Morgan fingerprint density at radius 2 is 1.77 bits per heavy atom. The van der Waals surface area contributed by atoms with Gasteiger partial charge < -0.3 is 0 Å². The van der Waals surface area contributed by atoms with E-state index >= 15 is 0 Å². The van der Waals surface area contributed by atoms with Crippen LogP contribution in [0.3, 0.4) is 0 Å². The number of nitriles is 1. The van der Waals surface area contributed by atoms with Crippen LogP contribution in [0.25, 0.3) is 5.70 Å². The lowest BCUT2D eigenvalue weighted by molar-refractivity contribution is -0.120. The number of piperazine rings is 1. The zero-order chi connectivity index (χ0) is 23.5. The van der Waals surface area contributed by atoms with Gasteiger partial charge in [0.25, 0.3) is 0 Å². The molecular weight excluding hydrogens is 460 g/mol. The second-order valence-corrected chi connectivity index (χ2v) is 8.91. The summed E-state index contributed by atoms with van der Waals surface area (Å²) >= 11 is 0. The van der Waals surface area contributed by atoms with Crippen molar-refractivity contribution in [1.82, 2.24) is 19.6 Å². The Kier molecular flexibility index (Phi) is 7.67. The van der Waals surface area contributed by atoms with Crippen molar-refractivity contribution in [3.8, 4) is 6.07 Å². The molecule has 1 fully saturated rings. The fourth-order valence-corrected chi connectivity index (χ4v) is 4.70. The molecule has 5 rings (SSSR count). The first-order chi connectivity index (χ1) is 16.6. The molecule has 8 heteroatoms. The van der Waals surface area contributed by atoms with Crippen molar-refractivity contribution in [3.63, 3.8) is 0 Å². The fraction of sp³-hybridized carbons (Fsp3) is 0.296. The normalized spacial score (nSPS) is 16.1. The van der Waals surface area contributed by atoms with E-state index in [0.717, 1.165) is 49.5 Å². The Balaban J connectivity index is 0.00000289. The summed E-state index contributed by atoms with van der Waals surface area (Å²) in [6, 6.07) is 20.9. The molecule has 2 aliphatic rings. The number of carbonyl (C=O) groups is 1. The molecule has 1 aromatic heterocycles. The smallest absolute Gasteiger partial charge is 0.242 e. The van der Waals surface area contributed by atoms with Gasteiger partial charge in [0.2, 0.25) is 5.91 Å². The maximum atomic E-state index is 13.4. The molecule has 180 valence electrons. The Morgan fingerprint density at radius 3 is 2.49 bits per heavy atom. The van der Waals surface area contributed by atoms with Crippen LogP contribution in [0.5, 0.6) is 0 Å². The summed E-state index contributed by atoms with van der Waals surface area (Å²) < 4.78 is 1.73. The van der Waals surface area contributed by atoms with Crippen molar-refractivity contribution < 1.29 is 4.79 Å².